The highest BCUT2D eigenvalue weighted by atomic mass is 32.2. The first kappa shape index (κ1) is 11.2. The van der Waals surface area contributed by atoms with E-state index in [2.05, 4.69) is 5.32 Å². The molecule has 0 aromatic heterocycles. The van der Waals surface area contributed by atoms with Crippen molar-refractivity contribution in [2.45, 2.75) is 36.6 Å². The number of hydrogen-bond donors (Lipinski definition) is 2. The maximum absolute atomic E-state index is 11.0. The summed E-state index contributed by atoms with van der Waals surface area (Å²) in [4.78, 5) is 10.9. The molecule has 2 aliphatic heterocycles. The van der Waals surface area contributed by atoms with Crippen LogP contribution in [0.15, 0.2) is 0 Å². The van der Waals surface area contributed by atoms with Crippen LogP contribution in [0, 0.1) is 0 Å². The smallest absolute Gasteiger partial charge is 0.320 e. The zero-order valence-electron chi connectivity index (χ0n) is 8.70. The predicted octanol–water partition coefficient (Wildman–Crippen LogP) is 1.06. The molecule has 2 heterocycles. The SMILES string of the molecule is O=C(O)C1CCSC2(CCCOCC2)N1. The fourth-order valence-corrected chi connectivity index (χ4v) is 3.69. The van der Waals surface area contributed by atoms with E-state index in [-0.39, 0.29) is 10.9 Å². The van der Waals surface area contributed by atoms with Crippen LogP contribution in [0.1, 0.15) is 25.7 Å². The molecule has 0 radical (unpaired) electrons. The largest absolute Gasteiger partial charge is 0.480 e. The molecule has 2 atom stereocenters. The number of thioether (sulfide) groups is 1. The first-order valence-electron chi connectivity index (χ1n) is 5.44. The molecule has 5 heteroatoms. The summed E-state index contributed by atoms with van der Waals surface area (Å²) in [5.41, 5.74) is 0. The normalized spacial score (nSPS) is 37.5. The predicted molar refractivity (Wildman–Crippen MR) is 59.0 cm³/mol. The second-order valence-corrected chi connectivity index (χ2v) is 5.61. The highest BCUT2D eigenvalue weighted by molar-refractivity contribution is 8.00. The summed E-state index contributed by atoms with van der Waals surface area (Å²) in [6, 6.07) is -0.371. The van der Waals surface area contributed by atoms with Crippen molar-refractivity contribution in [3.63, 3.8) is 0 Å². The molecule has 2 N–H and O–H groups in total. The maximum Gasteiger partial charge on any atom is 0.320 e. The van der Waals surface area contributed by atoms with Gasteiger partial charge in [-0.1, -0.05) is 0 Å². The molecule has 0 bridgehead atoms. The van der Waals surface area contributed by atoms with E-state index in [9.17, 15) is 4.79 Å². The lowest BCUT2D eigenvalue weighted by molar-refractivity contribution is -0.140. The van der Waals surface area contributed by atoms with Crippen LogP contribution in [0.3, 0.4) is 0 Å². The standard InChI is InChI=1S/C10H17NO3S/c12-9(13)8-2-7-15-10(11-8)3-1-5-14-6-4-10/h8,11H,1-7H2,(H,12,13). The minimum Gasteiger partial charge on any atom is -0.480 e. The molecule has 0 aromatic rings. The molecule has 86 valence electrons. The Morgan fingerprint density at radius 3 is 3.13 bits per heavy atom. The molecule has 15 heavy (non-hydrogen) atoms. The summed E-state index contributed by atoms with van der Waals surface area (Å²) >= 11 is 1.87. The molecule has 0 amide bonds. The molecule has 2 unspecified atom stereocenters. The topological polar surface area (TPSA) is 58.6 Å². The summed E-state index contributed by atoms with van der Waals surface area (Å²) in [6.07, 6.45) is 3.68. The summed E-state index contributed by atoms with van der Waals surface area (Å²) in [5.74, 6) is 0.212. The van der Waals surface area contributed by atoms with Gasteiger partial charge in [-0.3, -0.25) is 10.1 Å². The van der Waals surface area contributed by atoms with Gasteiger partial charge in [0, 0.05) is 13.2 Å². The van der Waals surface area contributed by atoms with Crippen LogP contribution in [-0.2, 0) is 9.53 Å². The van der Waals surface area contributed by atoms with Gasteiger partial charge in [-0.15, -0.1) is 11.8 Å². The average molecular weight is 231 g/mol. The van der Waals surface area contributed by atoms with Gasteiger partial charge in [0.15, 0.2) is 0 Å². The third-order valence-electron chi connectivity index (χ3n) is 3.04. The Kier molecular flexibility index (Phi) is 3.53. The molecule has 0 aliphatic carbocycles. The van der Waals surface area contributed by atoms with E-state index >= 15 is 0 Å². The molecular weight excluding hydrogens is 214 g/mol. The van der Waals surface area contributed by atoms with Gasteiger partial charge in [-0.2, -0.15) is 0 Å². The van der Waals surface area contributed by atoms with E-state index < -0.39 is 5.97 Å². The van der Waals surface area contributed by atoms with E-state index in [1.165, 1.54) is 0 Å². The van der Waals surface area contributed by atoms with Crippen LogP contribution >= 0.6 is 11.8 Å². The zero-order valence-corrected chi connectivity index (χ0v) is 9.52. The number of rotatable bonds is 1. The van der Waals surface area contributed by atoms with Crippen LogP contribution < -0.4 is 5.32 Å². The van der Waals surface area contributed by atoms with Gasteiger partial charge in [0.1, 0.15) is 6.04 Å². The number of carboxylic acids is 1. The van der Waals surface area contributed by atoms with Crippen molar-refractivity contribution in [2.75, 3.05) is 19.0 Å². The maximum atomic E-state index is 11.0. The Morgan fingerprint density at radius 1 is 1.47 bits per heavy atom. The van der Waals surface area contributed by atoms with E-state index in [1.54, 1.807) is 0 Å². The third-order valence-corrected chi connectivity index (χ3v) is 4.56. The molecular formula is C10H17NO3S. The van der Waals surface area contributed by atoms with Crippen molar-refractivity contribution in [1.29, 1.82) is 0 Å². The number of hydrogen-bond acceptors (Lipinski definition) is 4. The number of carboxylic acid groups (broad SMARTS) is 1. The van der Waals surface area contributed by atoms with Gasteiger partial charge >= 0.3 is 5.97 Å². The first-order valence-corrected chi connectivity index (χ1v) is 6.43. The van der Waals surface area contributed by atoms with Crippen molar-refractivity contribution in [3.8, 4) is 0 Å². The highest BCUT2D eigenvalue weighted by Gasteiger charge is 2.39. The van der Waals surface area contributed by atoms with Crippen molar-refractivity contribution in [2.24, 2.45) is 0 Å². The van der Waals surface area contributed by atoms with Crippen LogP contribution in [-0.4, -0.2) is 41.0 Å². The number of ether oxygens (including phenoxy) is 1. The molecule has 2 fully saturated rings. The van der Waals surface area contributed by atoms with Crippen molar-refractivity contribution in [3.05, 3.63) is 0 Å². The first-order chi connectivity index (χ1) is 7.22. The molecule has 2 rings (SSSR count). The lowest BCUT2D eigenvalue weighted by Gasteiger charge is -2.39. The minimum absolute atomic E-state index is 0.0438. The van der Waals surface area contributed by atoms with Gasteiger partial charge in [-0.25, -0.2) is 0 Å². The van der Waals surface area contributed by atoms with E-state index in [1.807, 2.05) is 11.8 Å². The van der Waals surface area contributed by atoms with Gasteiger partial charge in [-0.05, 0) is 31.4 Å². The van der Waals surface area contributed by atoms with Crippen molar-refractivity contribution < 1.29 is 14.6 Å². The van der Waals surface area contributed by atoms with E-state index in [0.717, 1.165) is 44.6 Å². The number of aliphatic carboxylic acids is 1. The Balaban J connectivity index is 2.02. The van der Waals surface area contributed by atoms with Crippen LogP contribution in [0.4, 0.5) is 0 Å². The van der Waals surface area contributed by atoms with Crippen molar-refractivity contribution in [1.82, 2.24) is 5.32 Å². The fraction of sp³-hybridized carbons (Fsp3) is 0.900. The minimum atomic E-state index is -0.722. The van der Waals surface area contributed by atoms with Crippen LogP contribution in [0.2, 0.25) is 0 Å². The zero-order chi connectivity index (χ0) is 10.7. The van der Waals surface area contributed by atoms with E-state index in [0.29, 0.717) is 0 Å². The Bertz CT molecular complexity index is 239. The Hall–Kier alpha value is -0.260. The summed E-state index contributed by atoms with van der Waals surface area (Å²) in [6.45, 7) is 1.55. The van der Waals surface area contributed by atoms with E-state index in [4.69, 9.17) is 9.84 Å². The lowest BCUT2D eigenvalue weighted by atomic mass is 10.1. The summed E-state index contributed by atoms with van der Waals surface area (Å²) < 4.78 is 5.42. The molecule has 4 nitrogen and oxygen atoms in total. The Labute approximate surface area is 93.8 Å². The third kappa shape index (κ3) is 2.65. The molecule has 2 saturated heterocycles. The summed E-state index contributed by atoms with van der Waals surface area (Å²) in [7, 11) is 0. The highest BCUT2D eigenvalue weighted by Crippen LogP contribution is 2.37. The number of nitrogens with one attached hydrogen (secondary N) is 1. The molecule has 2 aliphatic rings. The number of carbonyl (C=O) groups is 1. The van der Waals surface area contributed by atoms with Gasteiger partial charge in [0.2, 0.25) is 0 Å². The Morgan fingerprint density at radius 2 is 2.33 bits per heavy atom. The second-order valence-electron chi connectivity index (χ2n) is 4.13. The quantitative estimate of drug-likeness (QED) is 0.707. The van der Waals surface area contributed by atoms with Gasteiger partial charge in [0.25, 0.3) is 0 Å². The van der Waals surface area contributed by atoms with Gasteiger partial charge in [0.05, 0.1) is 4.87 Å². The molecule has 0 saturated carbocycles. The average Bonchev–Trinajstić information content (AvgIpc) is 2.44. The molecule has 1 spiro atoms. The molecule has 0 aromatic carbocycles. The van der Waals surface area contributed by atoms with Gasteiger partial charge < -0.3 is 9.84 Å². The van der Waals surface area contributed by atoms with Crippen molar-refractivity contribution >= 4 is 17.7 Å². The van der Waals surface area contributed by atoms with Crippen LogP contribution in [0.25, 0.3) is 0 Å². The van der Waals surface area contributed by atoms with Crippen LogP contribution in [0.5, 0.6) is 0 Å². The summed E-state index contributed by atoms with van der Waals surface area (Å²) in [5, 5.41) is 12.3. The lowest BCUT2D eigenvalue weighted by Crippen LogP contribution is -2.54. The fourth-order valence-electron chi connectivity index (χ4n) is 2.20. The monoisotopic (exact) mass is 231 g/mol. The second kappa shape index (κ2) is 4.72.